The van der Waals surface area contributed by atoms with Gasteiger partial charge < -0.3 is 9.72 Å². The zero-order chi connectivity index (χ0) is 18.8. The SMILES string of the molecule is COc1ncc(F)cc1Cc1ccc(Cc2c[nH]c3nccc(Cl)c23)cn1. The summed E-state index contributed by atoms with van der Waals surface area (Å²) in [6, 6.07) is 7.13. The number of aromatic nitrogens is 4. The minimum Gasteiger partial charge on any atom is -0.481 e. The van der Waals surface area contributed by atoms with Crippen LogP contribution in [0.5, 0.6) is 5.88 Å². The van der Waals surface area contributed by atoms with E-state index >= 15 is 0 Å². The predicted molar refractivity (Wildman–Crippen MR) is 102 cm³/mol. The fourth-order valence-electron chi connectivity index (χ4n) is 3.08. The minimum atomic E-state index is -0.396. The molecule has 0 radical (unpaired) electrons. The molecule has 4 rings (SSSR count). The lowest BCUT2D eigenvalue weighted by molar-refractivity contribution is 0.391. The van der Waals surface area contributed by atoms with Gasteiger partial charge in [-0.25, -0.2) is 14.4 Å². The maximum Gasteiger partial charge on any atom is 0.216 e. The van der Waals surface area contributed by atoms with Crippen LogP contribution in [0, 0.1) is 5.82 Å². The summed E-state index contributed by atoms with van der Waals surface area (Å²) in [5.74, 6) is 0.00968. The fourth-order valence-corrected chi connectivity index (χ4v) is 3.35. The van der Waals surface area contributed by atoms with Crippen molar-refractivity contribution >= 4 is 22.6 Å². The van der Waals surface area contributed by atoms with E-state index in [-0.39, 0.29) is 0 Å². The van der Waals surface area contributed by atoms with Crippen LogP contribution in [0.4, 0.5) is 4.39 Å². The number of nitrogens with one attached hydrogen (secondary N) is 1. The Kier molecular flexibility index (Phi) is 4.73. The molecule has 136 valence electrons. The van der Waals surface area contributed by atoms with Crippen molar-refractivity contribution in [2.45, 2.75) is 12.8 Å². The van der Waals surface area contributed by atoms with Crippen LogP contribution < -0.4 is 4.74 Å². The average molecular weight is 383 g/mol. The summed E-state index contributed by atoms with van der Waals surface area (Å²) >= 11 is 6.30. The van der Waals surface area contributed by atoms with E-state index in [1.165, 1.54) is 13.2 Å². The third-order valence-electron chi connectivity index (χ3n) is 4.34. The van der Waals surface area contributed by atoms with Gasteiger partial charge in [0.25, 0.3) is 0 Å². The summed E-state index contributed by atoms with van der Waals surface area (Å²) in [6.07, 6.45) is 7.68. The van der Waals surface area contributed by atoms with E-state index in [4.69, 9.17) is 16.3 Å². The fraction of sp³-hybridized carbons (Fsp3) is 0.150. The van der Waals surface area contributed by atoms with Gasteiger partial charge >= 0.3 is 0 Å². The highest BCUT2D eigenvalue weighted by Gasteiger charge is 2.11. The molecule has 0 amide bonds. The highest BCUT2D eigenvalue weighted by Crippen LogP contribution is 2.27. The lowest BCUT2D eigenvalue weighted by Crippen LogP contribution is -2.00. The Morgan fingerprint density at radius 3 is 2.74 bits per heavy atom. The van der Waals surface area contributed by atoms with Crippen molar-refractivity contribution in [1.82, 2.24) is 19.9 Å². The first-order chi connectivity index (χ1) is 13.1. The number of fused-ring (bicyclic) bond motifs is 1. The van der Waals surface area contributed by atoms with E-state index < -0.39 is 5.82 Å². The van der Waals surface area contributed by atoms with E-state index in [0.717, 1.165) is 34.1 Å². The summed E-state index contributed by atoms with van der Waals surface area (Å²) < 4.78 is 18.7. The zero-order valence-corrected chi connectivity index (χ0v) is 15.3. The second-order valence-corrected chi connectivity index (χ2v) is 6.57. The number of pyridine rings is 3. The Morgan fingerprint density at radius 1 is 1.07 bits per heavy atom. The topological polar surface area (TPSA) is 63.7 Å². The van der Waals surface area contributed by atoms with E-state index in [1.807, 2.05) is 24.5 Å². The Labute approximate surface area is 160 Å². The molecule has 1 N–H and O–H groups in total. The Morgan fingerprint density at radius 2 is 1.96 bits per heavy atom. The number of hydrogen-bond acceptors (Lipinski definition) is 4. The number of H-pyrrole nitrogens is 1. The van der Waals surface area contributed by atoms with E-state index in [9.17, 15) is 4.39 Å². The van der Waals surface area contributed by atoms with Crippen LogP contribution in [0.3, 0.4) is 0 Å². The van der Waals surface area contributed by atoms with E-state index in [2.05, 4.69) is 19.9 Å². The zero-order valence-electron chi connectivity index (χ0n) is 14.5. The van der Waals surface area contributed by atoms with Gasteiger partial charge in [-0.15, -0.1) is 0 Å². The standard InChI is InChI=1S/C20H16ClFN4O/c1-27-20-13(7-15(22)11-26-20)8-16-3-2-12(9-24-16)6-14-10-25-19-18(14)17(21)4-5-23-19/h2-5,7,9-11H,6,8H2,1H3,(H,23,25). The van der Waals surface area contributed by atoms with E-state index in [0.29, 0.717) is 29.3 Å². The lowest BCUT2D eigenvalue weighted by Gasteiger charge is -2.08. The van der Waals surface area contributed by atoms with E-state index in [1.54, 1.807) is 12.3 Å². The minimum absolute atomic E-state index is 0.396. The highest BCUT2D eigenvalue weighted by atomic mass is 35.5. The number of methoxy groups -OCH3 is 1. The van der Waals surface area contributed by atoms with Crippen molar-refractivity contribution in [3.8, 4) is 5.88 Å². The molecule has 4 aromatic rings. The van der Waals surface area contributed by atoms with Crippen LogP contribution in [-0.4, -0.2) is 27.0 Å². The van der Waals surface area contributed by atoms with Crippen molar-refractivity contribution in [1.29, 1.82) is 0 Å². The maximum absolute atomic E-state index is 13.5. The van der Waals surface area contributed by atoms with Crippen LogP contribution in [0.25, 0.3) is 11.0 Å². The predicted octanol–water partition coefficient (Wildman–Crippen LogP) is 4.34. The third-order valence-corrected chi connectivity index (χ3v) is 4.66. The molecule has 0 aliphatic rings. The van der Waals surface area contributed by atoms with Gasteiger partial charge in [0.1, 0.15) is 11.5 Å². The van der Waals surface area contributed by atoms with Crippen LogP contribution in [-0.2, 0) is 12.8 Å². The van der Waals surface area contributed by atoms with Crippen LogP contribution in [0.2, 0.25) is 5.02 Å². The van der Waals surface area contributed by atoms with Gasteiger partial charge in [0, 0.05) is 48.1 Å². The first kappa shape index (κ1) is 17.4. The monoisotopic (exact) mass is 382 g/mol. The largest absolute Gasteiger partial charge is 0.481 e. The molecular weight excluding hydrogens is 367 g/mol. The summed E-state index contributed by atoms with van der Waals surface area (Å²) in [4.78, 5) is 15.9. The number of ether oxygens (including phenoxy) is 1. The van der Waals surface area contributed by atoms with Gasteiger partial charge in [0.2, 0.25) is 5.88 Å². The second-order valence-electron chi connectivity index (χ2n) is 6.16. The van der Waals surface area contributed by atoms with Crippen molar-refractivity contribution in [3.05, 3.63) is 82.3 Å². The third kappa shape index (κ3) is 3.61. The number of aromatic amines is 1. The number of hydrogen-bond donors (Lipinski definition) is 1. The second kappa shape index (κ2) is 7.32. The molecule has 0 fully saturated rings. The summed E-state index contributed by atoms with van der Waals surface area (Å²) in [7, 11) is 1.52. The number of halogens is 2. The molecule has 4 heterocycles. The molecule has 27 heavy (non-hydrogen) atoms. The van der Waals surface area contributed by atoms with Crippen molar-refractivity contribution in [2.24, 2.45) is 0 Å². The Balaban J connectivity index is 1.55. The molecule has 0 bridgehead atoms. The highest BCUT2D eigenvalue weighted by molar-refractivity contribution is 6.35. The molecule has 7 heteroatoms. The molecule has 0 unspecified atom stereocenters. The molecule has 0 aliphatic carbocycles. The molecular formula is C20H16ClFN4O. The Hall–Kier alpha value is -2.99. The molecule has 0 saturated heterocycles. The van der Waals surface area contributed by atoms with Gasteiger partial charge in [-0.2, -0.15) is 0 Å². The molecule has 0 aromatic carbocycles. The van der Waals surface area contributed by atoms with Gasteiger partial charge in [-0.1, -0.05) is 17.7 Å². The van der Waals surface area contributed by atoms with Crippen LogP contribution in [0.15, 0.2) is 49.1 Å². The molecule has 0 atom stereocenters. The molecule has 0 saturated carbocycles. The van der Waals surface area contributed by atoms with Crippen molar-refractivity contribution in [2.75, 3.05) is 7.11 Å². The quantitative estimate of drug-likeness (QED) is 0.557. The molecule has 0 aliphatic heterocycles. The van der Waals surface area contributed by atoms with Crippen molar-refractivity contribution < 1.29 is 9.13 Å². The van der Waals surface area contributed by atoms with Gasteiger partial charge in [0.05, 0.1) is 18.3 Å². The lowest BCUT2D eigenvalue weighted by atomic mass is 10.1. The number of rotatable bonds is 5. The Bertz CT molecular complexity index is 1100. The normalized spacial score (nSPS) is 11.1. The van der Waals surface area contributed by atoms with Gasteiger partial charge in [0.15, 0.2) is 0 Å². The van der Waals surface area contributed by atoms with Crippen LogP contribution >= 0.6 is 11.6 Å². The van der Waals surface area contributed by atoms with Gasteiger partial charge in [-0.3, -0.25) is 4.98 Å². The molecule has 5 nitrogen and oxygen atoms in total. The average Bonchev–Trinajstić information content (AvgIpc) is 3.08. The smallest absolute Gasteiger partial charge is 0.216 e. The van der Waals surface area contributed by atoms with Crippen LogP contribution in [0.1, 0.15) is 22.4 Å². The number of nitrogens with zero attached hydrogens (tertiary/aromatic N) is 3. The maximum atomic E-state index is 13.5. The first-order valence-electron chi connectivity index (χ1n) is 8.36. The van der Waals surface area contributed by atoms with Crippen molar-refractivity contribution in [3.63, 3.8) is 0 Å². The summed E-state index contributed by atoms with van der Waals surface area (Å²) in [5, 5.41) is 1.60. The summed E-state index contributed by atoms with van der Waals surface area (Å²) in [5.41, 5.74) is 4.35. The molecule has 4 aromatic heterocycles. The van der Waals surface area contributed by atoms with Gasteiger partial charge in [-0.05, 0) is 29.3 Å². The molecule has 0 spiro atoms. The summed E-state index contributed by atoms with van der Waals surface area (Å²) in [6.45, 7) is 0. The first-order valence-corrected chi connectivity index (χ1v) is 8.74.